The number of carbonyl (C=O) groups excluding carboxylic acids is 1. The lowest BCUT2D eigenvalue weighted by atomic mass is 10.2. The van der Waals surface area contributed by atoms with Crippen molar-refractivity contribution in [3.05, 3.63) is 46.4 Å². The summed E-state index contributed by atoms with van der Waals surface area (Å²) in [5, 5.41) is 4.55. The van der Waals surface area contributed by atoms with Gasteiger partial charge in [-0.15, -0.1) is 0 Å². The topological polar surface area (TPSA) is 29.1 Å². The molecule has 0 bridgehead atoms. The zero-order valence-corrected chi connectivity index (χ0v) is 13.6. The molecule has 0 fully saturated rings. The number of halogens is 4. The largest absolute Gasteiger partial charge is 0.354 e. The monoisotopic (exact) mass is 365 g/mol. The lowest BCUT2D eigenvalue weighted by molar-refractivity contribution is 0.275. The predicted octanol–water partition coefficient (Wildman–Crippen LogP) is 6.79. The van der Waals surface area contributed by atoms with Crippen molar-refractivity contribution in [1.82, 2.24) is 0 Å². The van der Waals surface area contributed by atoms with Gasteiger partial charge < -0.3 is 5.32 Å². The van der Waals surface area contributed by atoms with Gasteiger partial charge in [-0.05, 0) is 47.5 Å². The van der Waals surface area contributed by atoms with Crippen molar-refractivity contribution < 1.29 is 4.79 Å². The Morgan fingerprint density at radius 1 is 1.00 bits per heavy atom. The van der Waals surface area contributed by atoms with Crippen molar-refractivity contribution in [2.75, 3.05) is 5.32 Å². The number of hydrogen-bond donors (Lipinski definition) is 1. The Kier molecular flexibility index (Phi) is 5.47. The van der Waals surface area contributed by atoms with Crippen LogP contribution in [0, 0.1) is 0 Å². The normalized spacial score (nSPS) is 11.4. The Bertz CT molecular complexity index is 659. The molecule has 20 heavy (non-hydrogen) atoms. The molecule has 2 aromatic rings. The molecule has 0 aromatic heterocycles. The molecule has 0 unspecified atom stereocenters. The number of hydrogen-bond acceptors (Lipinski definition) is 3. The van der Waals surface area contributed by atoms with E-state index in [1.807, 2.05) is 30.3 Å². The van der Waals surface area contributed by atoms with Crippen molar-refractivity contribution in [1.29, 1.82) is 0 Å². The van der Waals surface area contributed by atoms with Gasteiger partial charge in [-0.1, -0.05) is 47.1 Å². The minimum Gasteiger partial charge on any atom is -0.354 e. The van der Waals surface area contributed by atoms with Gasteiger partial charge in [-0.2, -0.15) is 0 Å². The van der Waals surface area contributed by atoms with E-state index in [-0.39, 0.29) is 0 Å². The molecular formula is C13H7Cl4NOS. The van der Waals surface area contributed by atoms with E-state index in [9.17, 15) is 0 Å². The zero-order valence-electron chi connectivity index (χ0n) is 9.79. The van der Waals surface area contributed by atoms with E-state index in [0.717, 1.165) is 16.3 Å². The van der Waals surface area contributed by atoms with Crippen molar-refractivity contribution in [2.24, 2.45) is 0 Å². The van der Waals surface area contributed by atoms with E-state index in [2.05, 4.69) is 34.6 Å². The van der Waals surface area contributed by atoms with Crippen LogP contribution in [-0.4, -0.2) is 4.70 Å². The van der Waals surface area contributed by atoms with Crippen molar-refractivity contribution in [3.8, 4) is 0 Å². The Balaban J connectivity index is 0.000000328. The third-order valence-corrected chi connectivity index (χ3v) is 4.54. The van der Waals surface area contributed by atoms with Crippen molar-refractivity contribution >= 4 is 74.2 Å². The van der Waals surface area contributed by atoms with E-state index < -0.39 is 4.70 Å². The molecule has 1 aliphatic rings. The van der Waals surface area contributed by atoms with Gasteiger partial charge >= 0.3 is 4.70 Å². The van der Waals surface area contributed by atoms with Gasteiger partial charge in [0.2, 0.25) is 0 Å². The van der Waals surface area contributed by atoms with Gasteiger partial charge in [-0.25, -0.2) is 0 Å². The second-order valence-corrected chi connectivity index (χ2v) is 6.40. The highest BCUT2D eigenvalue weighted by Gasteiger charge is 2.18. The van der Waals surface area contributed by atoms with Crippen molar-refractivity contribution in [3.63, 3.8) is 0 Å². The smallest absolute Gasteiger partial charge is 0.313 e. The van der Waals surface area contributed by atoms with Gasteiger partial charge in [0.25, 0.3) is 0 Å². The molecule has 1 heterocycles. The summed E-state index contributed by atoms with van der Waals surface area (Å²) in [5.41, 5.74) is 2.12. The second kappa shape index (κ2) is 6.92. The van der Waals surface area contributed by atoms with E-state index in [4.69, 9.17) is 28.0 Å². The zero-order chi connectivity index (χ0) is 14.7. The summed E-state index contributed by atoms with van der Waals surface area (Å²) < 4.78 is -0.889. The van der Waals surface area contributed by atoms with Crippen LogP contribution in [0.25, 0.3) is 0 Å². The maximum Gasteiger partial charge on any atom is 0.313 e. The molecule has 0 spiro atoms. The highest BCUT2D eigenvalue weighted by atomic mass is 35.5. The molecule has 0 saturated heterocycles. The Hall–Kier alpha value is -0.580. The number of rotatable bonds is 0. The minimum atomic E-state index is -0.889. The molecule has 1 aliphatic heterocycles. The quantitative estimate of drug-likeness (QED) is 0.444. The first kappa shape index (κ1) is 15.8. The van der Waals surface area contributed by atoms with Gasteiger partial charge in [0, 0.05) is 4.90 Å². The van der Waals surface area contributed by atoms with E-state index in [0.29, 0.717) is 10.0 Å². The molecule has 0 amide bonds. The van der Waals surface area contributed by atoms with Crippen LogP contribution < -0.4 is 5.32 Å². The van der Waals surface area contributed by atoms with E-state index in [1.165, 1.54) is 4.90 Å². The fourth-order valence-electron chi connectivity index (χ4n) is 1.64. The van der Waals surface area contributed by atoms with Crippen LogP contribution in [0.15, 0.2) is 46.2 Å². The summed E-state index contributed by atoms with van der Waals surface area (Å²) in [6, 6.07) is 11.9. The molecule has 7 heteroatoms. The molecule has 0 atom stereocenters. The van der Waals surface area contributed by atoms with Gasteiger partial charge in [0.1, 0.15) is 0 Å². The lowest BCUT2D eigenvalue weighted by Crippen LogP contribution is -1.99. The molecule has 0 radical (unpaired) electrons. The average molecular weight is 367 g/mol. The van der Waals surface area contributed by atoms with Crippen LogP contribution >= 0.6 is 58.2 Å². The molecule has 2 aromatic carbocycles. The number of anilines is 2. The minimum absolute atomic E-state index is 0.592. The SMILES string of the molecule is Clc1ccc2c(c1Cl)Sc1ccccc1N2.O=C(Cl)Cl. The second-order valence-electron chi connectivity index (χ2n) is 3.69. The predicted molar refractivity (Wildman–Crippen MR) is 87.4 cm³/mol. The summed E-state index contributed by atoms with van der Waals surface area (Å²) in [6.45, 7) is 0. The highest BCUT2D eigenvalue weighted by Crippen LogP contribution is 2.48. The molecule has 3 rings (SSSR count). The molecular weight excluding hydrogens is 360 g/mol. The van der Waals surface area contributed by atoms with Gasteiger partial charge in [-0.3, -0.25) is 4.79 Å². The molecule has 104 valence electrons. The summed E-state index contributed by atoms with van der Waals surface area (Å²) in [7, 11) is 0. The maximum atomic E-state index is 8.98. The number of benzene rings is 2. The fourth-order valence-corrected chi connectivity index (χ4v) is 3.16. The van der Waals surface area contributed by atoms with E-state index in [1.54, 1.807) is 11.8 Å². The van der Waals surface area contributed by atoms with Gasteiger partial charge in [0.15, 0.2) is 0 Å². The first-order chi connectivity index (χ1) is 9.49. The maximum absolute atomic E-state index is 8.98. The number of fused-ring (bicyclic) bond motifs is 2. The van der Waals surface area contributed by atoms with Gasteiger partial charge in [0.05, 0.1) is 26.3 Å². The number of nitrogens with one attached hydrogen (secondary N) is 1. The first-order valence-electron chi connectivity index (χ1n) is 5.36. The van der Waals surface area contributed by atoms with Crippen LogP contribution in [0.5, 0.6) is 0 Å². The average Bonchev–Trinajstić information content (AvgIpc) is 2.41. The number of para-hydroxylation sites is 1. The van der Waals surface area contributed by atoms with Crippen LogP contribution in [0.3, 0.4) is 0 Å². The fraction of sp³-hybridized carbons (Fsp3) is 0. The third kappa shape index (κ3) is 3.74. The third-order valence-electron chi connectivity index (χ3n) is 2.42. The van der Waals surface area contributed by atoms with E-state index >= 15 is 0 Å². The van der Waals surface area contributed by atoms with Crippen LogP contribution in [-0.2, 0) is 0 Å². The Morgan fingerprint density at radius 2 is 1.65 bits per heavy atom. The Morgan fingerprint density at radius 3 is 2.35 bits per heavy atom. The van der Waals surface area contributed by atoms with Crippen LogP contribution in [0.4, 0.5) is 16.2 Å². The highest BCUT2D eigenvalue weighted by molar-refractivity contribution is 7.99. The van der Waals surface area contributed by atoms with Crippen molar-refractivity contribution in [2.45, 2.75) is 9.79 Å². The van der Waals surface area contributed by atoms with Crippen LogP contribution in [0.1, 0.15) is 0 Å². The Labute approximate surface area is 140 Å². The summed E-state index contributed by atoms with van der Waals surface area (Å²) in [5.74, 6) is 0. The molecule has 0 saturated carbocycles. The summed E-state index contributed by atoms with van der Waals surface area (Å²) in [4.78, 5) is 11.1. The first-order valence-corrected chi connectivity index (χ1v) is 7.68. The van der Waals surface area contributed by atoms with Crippen LogP contribution in [0.2, 0.25) is 10.0 Å². The molecule has 0 aliphatic carbocycles. The molecule has 2 nitrogen and oxygen atoms in total. The summed E-state index contributed by atoms with van der Waals surface area (Å²) in [6.07, 6.45) is 0. The standard InChI is InChI=1S/C12H7Cl2NS.CCl2O/c13-7-5-6-9-12(11(7)14)16-10-4-2-1-3-8(10)15-9;2-1(3)4/h1-6,15H;. The number of carbonyl (C=O) groups is 1. The lowest BCUT2D eigenvalue weighted by Gasteiger charge is -2.21. The summed E-state index contributed by atoms with van der Waals surface area (Å²) >= 11 is 22.6. The molecule has 1 N–H and O–H groups in total.